The summed E-state index contributed by atoms with van der Waals surface area (Å²) in [6.45, 7) is 8.89. The SMILES string of the molecule is Cc1ccc(S(=O)(=O)N(Cc2ccccc2)/C(=C/[Si](C)(C)C)c2ccccc2)cc1. The van der Waals surface area contributed by atoms with E-state index in [1.54, 1.807) is 16.4 Å². The molecule has 0 unspecified atom stereocenters. The summed E-state index contributed by atoms with van der Waals surface area (Å²) in [5.41, 5.74) is 5.82. The standard InChI is InChI=1S/C25H29NO2SSi/c1-21-15-17-24(18-16-21)29(27,28)26(19-22-11-7-5-8-12-22)25(20-30(2,3)4)23-13-9-6-10-14-23/h5-18,20H,19H2,1-4H3/b25-20+. The molecule has 0 aromatic heterocycles. The molecule has 30 heavy (non-hydrogen) atoms. The molecule has 5 heteroatoms. The zero-order valence-corrected chi connectivity index (χ0v) is 19.9. The van der Waals surface area contributed by atoms with Crippen LogP contribution >= 0.6 is 0 Å². The van der Waals surface area contributed by atoms with Gasteiger partial charge in [0.15, 0.2) is 0 Å². The van der Waals surface area contributed by atoms with Gasteiger partial charge in [-0.05, 0) is 30.2 Å². The molecule has 0 aliphatic rings. The molecular weight excluding hydrogens is 406 g/mol. The van der Waals surface area contributed by atoms with Crippen LogP contribution in [0.5, 0.6) is 0 Å². The predicted octanol–water partition coefficient (Wildman–Crippen LogP) is 6.10. The third-order valence-corrected chi connectivity index (χ3v) is 7.60. The van der Waals surface area contributed by atoms with Crippen molar-refractivity contribution in [2.45, 2.75) is 38.0 Å². The Hall–Kier alpha value is -2.63. The van der Waals surface area contributed by atoms with Crippen LogP contribution in [0.15, 0.2) is 95.5 Å². The van der Waals surface area contributed by atoms with Crippen LogP contribution in [0.4, 0.5) is 0 Å². The van der Waals surface area contributed by atoms with Crippen LogP contribution in [-0.2, 0) is 16.6 Å². The smallest absolute Gasteiger partial charge is 0.262 e. The molecule has 0 saturated heterocycles. The molecule has 0 bridgehead atoms. The molecule has 3 aromatic carbocycles. The number of hydrogen-bond acceptors (Lipinski definition) is 2. The van der Waals surface area contributed by atoms with Crippen LogP contribution in [0.2, 0.25) is 19.6 Å². The van der Waals surface area contributed by atoms with Crippen molar-refractivity contribution < 1.29 is 8.42 Å². The molecule has 0 aliphatic heterocycles. The van der Waals surface area contributed by atoms with Crippen molar-refractivity contribution in [3.8, 4) is 0 Å². The highest BCUT2D eigenvalue weighted by molar-refractivity contribution is 7.89. The average Bonchev–Trinajstić information content (AvgIpc) is 2.71. The van der Waals surface area contributed by atoms with E-state index < -0.39 is 18.1 Å². The van der Waals surface area contributed by atoms with E-state index in [2.05, 4.69) is 25.3 Å². The summed E-state index contributed by atoms with van der Waals surface area (Å²) in [6.07, 6.45) is 0. The molecule has 0 fully saturated rings. The normalized spacial score (nSPS) is 12.6. The van der Waals surface area contributed by atoms with E-state index in [0.29, 0.717) is 4.90 Å². The molecule has 3 rings (SSSR count). The lowest BCUT2D eigenvalue weighted by Crippen LogP contribution is -2.31. The van der Waals surface area contributed by atoms with E-state index in [-0.39, 0.29) is 6.54 Å². The topological polar surface area (TPSA) is 37.4 Å². The van der Waals surface area contributed by atoms with Gasteiger partial charge in [0.25, 0.3) is 10.0 Å². The molecule has 0 amide bonds. The second kappa shape index (κ2) is 9.02. The van der Waals surface area contributed by atoms with Gasteiger partial charge in [0, 0.05) is 0 Å². The maximum atomic E-state index is 13.8. The van der Waals surface area contributed by atoms with E-state index in [1.165, 1.54) is 0 Å². The van der Waals surface area contributed by atoms with Gasteiger partial charge in [0.05, 0.1) is 25.2 Å². The Morgan fingerprint density at radius 3 is 1.90 bits per heavy atom. The van der Waals surface area contributed by atoms with Crippen molar-refractivity contribution in [2.24, 2.45) is 0 Å². The molecule has 0 atom stereocenters. The van der Waals surface area contributed by atoms with E-state index in [1.807, 2.05) is 79.7 Å². The van der Waals surface area contributed by atoms with Crippen LogP contribution in [0.3, 0.4) is 0 Å². The molecule has 0 radical (unpaired) electrons. The molecule has 3 nitrogen and oxygen atoms in total. The zero-order valence-electron chi connectivity index (χ0n) is 18.0. The monoisotopic (exact) mass is 435 g/mol. The van der Waals surface area contributed by atoms with Gasteiger partial charge in [-0.15, -0.1) is 0 Å². The van der Waals surface area contributed by atoms with Crippen LogP contribution < -0.4 is 0 Å². The van der Waals surface area contributed by atoms with Crippen molar-refractivity contribution in [2.75, 3.05) is 0 Å². The molecule has 0 heterocycles. The number of rotatable bonds is 7. The Kier molecular flexibility index (Phi) is 6.63. The van der Waals surface area contributed by atoms with E-state index in [9.17, 15) is 8.42 Å². The predicted molar refractivity (Wildman–Crippen MR) is 128 cm³/mol. The number of benzene rings is 3. The van der Waals surface area contributed by atoms with Crippen molar-refractivity contribution in [1.29, 1.82) is 0 Å². The fourth-order valence-corrected chi connectivity index (χ4v) is 5.91. The first-order valence-electron chi connectivity index (χ1n) is 10.1. The molecule has 3 aromatic rings. The van der Waals surface area contributed by atoms with E-state index >= 15 is 0 Å². The van der Waals surface area contributed by atoms with Crippen LogP contribution in [0.1, 0.15) is 16.7 Å². The summed E-state index contributed by atoms with van der Waals surface area (Å²) in [5.74, 6) is 0. The van der Waals surface area contributed by atoms with Crippen LogP contribution in [0, 0.1) is 6.92 Å². The third-order valence-electron chi connectivity index (χ3n) is 4.69. The van der Waals surface area contributed by atoms with Gasteiger partial charge in [-0.1, -0.05) is 104 Å². The van der Waals surface area contributed by atoms with Gasteiger partial charge < -0.3 is 0 Å². The first-order chi connectivity index (χ1) is 14.2. The second-order valence-corrected chi connectivity index (χ2v) is 15.5. The quantitative estimate of drug-likeness (QED) is 0.420. The highest BCUT2D eigenvalue weighted by Crippen LogP contribution is 2.30. The summed E-state index contributed by atoms with van der Waals surface area (Å²) in [7, 11) is -5.49. The molecule has 0 N–H and O–H groups in total. The Morgan fingerprint density at radius 1 is 0.833 bits per heavy atom. The van der Waals surface area contributed by atoms with Crippen molar-refractivity contribution in [3.05, 3.63) is 107 Å². The van der Waals surface area contributed by atoms with Crippen molar-refractivity contribution in [3.63, 3.8) is 0 Å². The lowest BCUT2D eigenvalue weighted by molar-refractivity contribution is 0.507. The summed E-state index contributed by atoms with van der Waals surface area (Å²) < 4.78 is 29.3. The van der Waals surface area contributed by atoms with Crippen molar-refractivity contribution >= 4 is 23.8 Å². The minimum Gasteiger partial charge on any atom is -0.262 e. The fraction of sp³-hybridized carbons (Fsp3) is 0.200. The Bertz CT molecular complexity index is 1100. The Morgan fingerprint density at radius 2 is 1.37 bits per heavy atom. The largest absolute Gasteiger partial charge is 0.264 e. The molecule has 0 aliphatic carbocycles. The van der Waals surface area contributed by atoms with Gasteiger partial charge in [-0.3, -0.25) is 4.31 Å². The highest BCUT2D eigenvalue weighted by atomic mass is 32.2. The summed E-state index contributed by atoms with van der Waals surface area (Å²) in [4.78, 5) is 0.307. The number of sulfonamides is 1. The summed E-state index contributed by atoms with van der Waals surface area (Å²) in [5, 5.41) is 0. The van der Waals surface area contributed by atoms with Gasteiger partial charge in [-0.2, -0.15) is 0 Å². The maximum absolute atomic E-state index is 13.8. The second-order valence-electron chi connectivity index (χ2n) is 8.57. The van der Waals surface area contributed by atoms with Gasteiger partial charge in [0.1, 0.15) is 0 Å². The van der Waals surface area contributed by atoms with E-state index in [4.69, 9.17) is 0 Å². The number of nitrogens with zero attached hydrogens (tertiary/aromatic N) is 1. The van der Waals surface area contributed by atoms with Crippen LogP contribution in [-0.4, -0.2) is 20.8 Å². The van der Waals surface area contributed by atoms with E-state index in [0.717, 1.165) is 22.4 Å². The average molecular weight is 436 g/mol. The highest BCUT2D eigenvalue weighted by Gasteiger charge is 2.29. The minimum atomic E-state index is -3.75. The summed E-state index contributed by atoms with van der Waals surface area (Å²) in [6, 6.07) is 26.7. The third kappa shape index (κ3) is 5.49. The molecule has 156 valence electrons. The first-order valence-corrected chi connectivity index (χ1v) is 15.1. The lowest BCUT2D eigenvalue weighted by atomic mass is 10.1. The number of hydrogen-bond donors (Lipinski definition) is 0. The first kappa shape index (κ1) is 22.1. The molecular formula is C25H29NO2SSi. The summed E-state index contributed by atoms with van der Waals surface area (Å²) >= 11 is 0. The number of aryl methyl sites for hydroxylation is 1. The Balaban J connectivity index is 2.21. The molecule has 0 saturated carbocycles. The van der Waals surface area contributed by atoms with Crippen LogP contribution in [0.25, 0.3) is 5.70 Å². The molecule has 0 spiro atoms. The Labute approximate surface area is 181 Å². The zero-order chi connectivity index (χ0) is 21.8. The van der Waals surface area contributed by atoms with Gasteiger partial charge in [0.2, 0.25) is 0 Å². The van der Waals surface area contributed by atoms with Gasteiger partial charge in [-0.25, -0.2) is 8.42 Å². The minimum absolute atomic E-state index is 0.280. The maximum Gasteiger partial charge on any atom is 0.264 e. The van der Waals surface area contributed by atoms with Gasteiger partial charge >= 0.3 is 0 Å². The lowest BCUT2D eigenvalue weighted by Gasteiger charge is -2.29. The van der Waals surface area contributed by atoms with Crippen molar-refractivity contribution in [1.82, 2.24) is 4.31 Å². The fourth-order valence-electron chi connectivity index (χ4n) is 3.20.